The van der Waals surface area contributed by atoms with Gasteiger partial charge in [0.2, 0.25) is 9.84 Å². The third-order valence-corrected chi connectivity index (χ3v) is 7.02. The number of hydrogen-bond acceptors (Lipinski definition) is 8. The molecule has 0 aliphatic carbocycles. The SMILES string of the molecule is Cc1cc(Nc2nc(NCCCN3CCOCC3)ccc2S(=O)(=O)c2ccccc2)n[nH]1. The summed E-state index contributed by atoms with van der Waals surface area (Å²) in [6.07, 6.45) is 0.951. The molecule has 1 aliphatic heterocycles. The molecule has 1 saturated heterocycles. The molecule has 3 aromatic rings. The quantitative estimate of drug-likeness (QED) is 0.422. The lowest BCUT2D eigenvalue weighted by Crippen LogP contribution is -2.37. The number of hydrogen-bond donors (Lipinski definition) is 3. The van der Waals surface area contributed by atoms with Crippen molar-refractivity contribution in [2.24, 2.45) is 0 Å². The highest BCUT2D eigenvalue weighted by Gasteiger charge is 2.23. The van der Waals surface area contributed by atoms with Gasteiger partial charge in [-0.15, -0.1) is 0 Å². The van der Waals surface area contributed by atoms with E-state index in [-0.39, 0.29) is 15.6 Å². The molecule has 0 spiro atoms. The molecule has 0 radical (unpaired) electrons. The van der Waals surface area contributed by atoms with Crippen LogP contribution >= 0.6 is 0 Å². The summed E-state index contributed by atoms with van der Waals surface area (Å²) in [6, 6.07) is 13.4. The molecule has 0 atom stereocenters. The second-order valence-electron chi connectivity index (χ2n) is 7.66. The molecule has 3 N–H and O–H groups in total. The Morgan fingerprint density at radius 3 is 2.59 bits per heavy atom. The fourth-order valence-corrected chi connectivity index (χ4v) is 4.89. The van der Waals surface area contributed by atoms with Gasteiger partial charge in [0.25, 0.3) is 0 Å². The van der Waals surface area contributed by atoms with Gasteiger partial charge in [-0.05, 0) is 44.2 Å². The fraction of sp³-hybridized carbons (Fsp3) is 0.364. The zero-order valence-electron chi connectivity index (χ0n) is 18.0. The van der Waals surface area contributed by atoms with E-state index < -0.39 is 9.84 Å². The highest BCUT2D eigenvalue weighted by Crippen LogP contribution is 2.29. The normalized spacial score (nSPS) is 14.9. The number of aryl methyl sites for hydroxylation is 1. The Hall–Kier alpha value is -2.95. The molecule has 0 saturated carbocycles. The van der Waals surface area contributed by atoms with E-state index in [1.165, 1.54) is 0 Å². The maximum absolute atomic E-state index is 13.3. The minimum absolute atomic E-state index is 0.100. The zero-order valence-corrected chi connectivity index (χ0v) is 18.9. The van der Waals surface area contributed by atoms with Crippen LogP contribution in [0.2, 0.25) is 0 Å². The second-order valence-corrected chi connectivity index (χ2v) is 9.57. The van der Waals surface area contributed by atoms with Crippen LogP contribution in [-0.2, 0) is 14.6 Å². The van der Waals surface area contributed by atoms with Gasteiger partial charge in [0, 0.05) is 31.4 Å². The zero-order chi connectivity index (χ0) is 22.4. The van der Waals surface area contributed by atoms with Crippen molar-refractivity contribution >= 4 is 27.3 Å². The van der Waals surface area contributed by atoms with Crippen LogP contribution in [0, 0.1) is 6.92 Å². The minimum atomic E-state index is -3.75. The molecular formula is C22H28N6O3S. The average molecular weight is 457 g/mol. The van der Waals surface area contributed by atoms with E-state index in [0.29, 0.717) is 11.6 Å². The molecule has 32 heavy (non-hydrogen) atoms. The number of aromatic amines is 1. The summed E-state index contributed by atoms with van der Waals surface area (Å²) in [6.45, 7) is 7.08. The Morgan fingerprint density at radius 1 is 1.09 bits per heavy atom. The Balaban J connectivity index is 1.52. The minimum Gasteiger partial charge on any atom is -0.379 e. The van der Waals surface area contributed by atoms with Crippen LogP contribution in [0.4, 0.5) is 17.5 Å². The van der Waals surface area contributed by atoms with Gasteiger partial charge in [0.15, 0.2) is 11.6 Å². The van der Waals surface area contributed by atoms with Crippen LogP contribution in [0.25, 0.3) is 0 Å². The first-order valence-electron chi connectivity index (χ1n) is 10.7. The molecule has 0 amide bonds. The third kappa shape index (κ3) is 5.45. The molecule has 1 fully saturated rings. The summed E-state index contributed by atoms with van der Waals surface area (Å²) in [7, 11) is -3.75. The highest BCUT2D eigenvalue weighted by molar-refractivity contribution is 7.91. The molecule has 9 nitrogen and oxygen atoms in total. The average Bonchev–Trinajstić information content (AvgIpc) is 3.22. The van der Waals surface area contributed by atoms with Crippen LogP contribution in [0.1, 0.15) is 12.1 Å². The van der Waals surface area contributed by atoms with Crippen LogP contribution < -0.4 is 10.6 Å². The summed E-state index contributed by atoms with van der Waals surface area (Å²) in [5, 5.41) is 13.4. The molecule has 0 bridgehead atoms. The number of sulfone groups is 1. The lowest BCUT2D eigenvalue weighted by Gasteiger charge is -2.26. The molecule has 1 aliphatic rings. The summed E-state index contributed by atoms with van der Waals surface area (Å²) in [5.41, 5.74) is 0.859. The molecule has 170 valence electrons. The van der Waals surface area contributed by atoms with E-state index in [4.69, 9.17) is 4.74 Å². The standard InChI is InChI=1S/C22H28N6O3S/c1-17-16-21(27-26-17)25-22-19(32(29,30)18-6-3-2-4-7-18)8-9-20(24-22)23-10-5-11-28-12-14-31-15-13-28/h2-4,6-9,16H,5,10-15H2,1H3,(H3,23,24,25,26,27). The number of nitrogens with one attached hydrogen (secondary N) is 3. The lowest BCUT2D eigenvalue weighted by atomic mass is 10.3. The molecule has 1 aromatic carbocycles. The van der Waals surface area contributed by atoms with Gasteiger partial charge in [0.05, 0.1) is 18.1 Å². The smallest absolute Gasteiger partial charge is 0.210 e. The van der Waals surface area contributed by atoms with Crippen LogP contribution in [0.5, 0.6) is 0 Å². The largest absolute Gasteiger partial charge is 0.379 e. The molecular weight excluding hydrogens is 428 g/mol. The number of anilines is 3. The van der Waals surface area contributed by atoms with Gasteiger partial charge in [0.1, 0.15) is 10.7 Å². The first-order valence-corrected chi connectivity index (χ1v) is 12.1. The topological polar surface area (TPSA) is 112 Å². The first kappa shape index (κ1) is 22.3. The summed E-state index contributed by atoms with van der Waals surface area (Å²) in [4.78, 5) is 7.26. The monoisotopic (exact) mass is 456 g/mol. The number of ether oxygens (including phenoxy) is 1. The van der Waals surface area contributed by atoms with Gasteiger partial charge in [-0.25, -0.2) is 13.4 Å². The first-order chi connectivity index (χ1) is 15.5. The number of benzene rings is 1. The van der Waals surface area contributed by atoms with Gasteiger partial charge in [-0.2, -0.15) is 5.10 Å². The number of morpholine rings is 1. The molecule has 0 unspecified atom stereocenters. The number of rotatable bonds is 9. The van der Waals surface area contributed by atoms with Crippen molar-refractivity contribution < 1.29 is 13.2 Å². The maximum atomic E-state index is 13.3. The predicted octanol–water partition coefficient (Wildman–Crippen LogP) is 2.82. The number of pyridine rings is 1. The number of nitrogens with zero attached hydrogens (tertiary/aromatic N) is 3. The lowest BCUT2D eigenvalue weighted by molar-refractivity contribution is 0.0378. The van der Waals surface area contributed by atoms with Gasteiger partial charge < -0.3 is 15.4 Å². The maximum Gasteiger partial charge on any atom is 0.210 e. The Bertz CT molecular complexity index is 1130. The van der Waals surface area contributed by atoms with Gasteiger partial charge in [-0.1, -0.05) is 18.2 Å². The van der Waals surface area contributed by atoms with Gasteiger partial charge in [-0.3, -0.25) is 10.00 Å². The van der Waals surface area contributed by atoms with Crippen LogP contribution in [0.3, 0.4) is 0 Å². The Labute approximate surface area is 188 Å². The van der Waals surface area contributed by atoms with Crippen LogP contribution in [-0.4, -0.2) is 67.9 Å². The molecule has 4 rings (SSSR count). The van der Waals surface area contributed by atoms with E-state index in [9.17, 15) is 8.42 Å². The predicted molar refractivity (Wildman–Crippen MR) is 123 cm³/mol. The van der Waals surface area contributed by atoms with Crippen molar-refractivity contribution in [1.29, 1.82) is 0 Å². The van der Waals surface area contributed by atoms with E-state index >= 15 is 0 Å². The summed E-state index contributed by atoms with van der Waals surface area (Å²) < 4.78 is 31.9. The van der Waals surface area contributed by atoms with Gasteiger partial charge >= 0.3 is 0 Å². The van der Waals surface area contributed by atoms with Crippen LogP contribution in [0.15, 0.2) is 58.3 Å². The van der Waals surface area contributed by atoms with Crippen molar-refractivity contribution in [1.82, 2.24) is 20.1 Å². The number of H-pyrrole nitrogens is 1. The Morgan fingerprint density at radius 2 is 1.88 bits per heavy atom. The van der Waals surface area contributed by atoms with Crippen molar-refractivity contribution in [3.63, 3.8) is 0 Å². The summed E-state index contributed by atoms with van der Waals surface area (Å²) in [5.74, 6) is 1.34. The highest BCUT2D eigenvalue weighted by atomic mass is 32.2. The third-order valence-electron chi connectivity index (χ3n) is 5.21. The summed E-state index contributed by atoms with van der Waals surface area (Å²) >= 11 is 0. The molecule has 2 aromatic heterocycles. The van der Waals surface area contributed by atoms with Crippen molar-refractivity contribution in [2.75, 3.05) is 50.0 Å². The fourth-order valence-electron chi connectivity index (χ4n) is 3.53. The van der Waals surface area contributed by atoms with Crippen molar-refractivity contribution in [3.8, 4) is 0 Å². The van der Waals surface area contributed by atoms with E-state index in [1.54, 1.807) is 48.5 Å². The van der Waals surface area contributed by atoms with E-state index in [1.807, 2.05) is 6.92 Å². The van der Waals surface area contributed by atoms with E-state index in [2.05, 4.69) is 30.7 Å². The molecule has 3 heterocycles. The van der Waals surface area contributed by atoms with Crippen molar-refractivity contribution in [2.45, 2.75) is 23.1 Å². The van der Waals surface area contributed by atoms with Crippen molar-refractivity contribution in [3.05, 3.63) is 54.2 Å². The number of aromatic nitrogens is 3. The Kier molecular flexibility index (Phi) is 7.03. The molecule has 10 heteroatoms. The van der Waals surface area contributed by atoms with E-state index in [0.717, 1.165) is 51.5 Å². The second kappa shape index (κ2) is 10.1.